The molecule has 0 amide bonds. The van der Waals surface area contributed by atoms with Gasteiger partial charge in [-0.15, -0.1) is 0 Å². The molecule has 0 saturated carbocycles. The van der Waals surface area contributed by atoms with Gasteiger partial charge in [-0.3, -0.25) is 0 Å². The Balaban J connectivity index is 3.77. The monoisotopic (exact) mass is 196 g/mol. The molecule has 0 saturated heterocycles. The Hall–Kier alpha value is -0.920. The first-order valence-electron chi connectivity index (χ1n) is 5.21. The van der Waals surface area contributed by atoms with Crippen LogP contribution in [0.2, 0.25) is 0 Å². The number of hydrogen-bond donors (Lipinski definition) is 0. The standard InChI is InChI=1S/C12H20O2/c1-11(2)5-3-6-12(8-10-14)7-4-9-13/h5,9-10,12H,3-4,6-8H2,1-2H3. The van der Waals surface area contributed by atoms with Crippen molar-refractivity contribution < 1.29 is 9.59 Å². The average Bonchev–Trinajstić information content (AvgIpc) is 2.13. The van der Waals surface area contributed by atoms with Crippen molar-refractivity contribution in [2.75, 3.05) is 0 Å². The summed E-state index contributed by atoms with van der Waals surface area (Å²) in [6.45, 7) is 4.14. The molecule has 0 spiro atoms. The van der Waals surface area contributed by atoms with Crippen LogP contribution >= 0.6 is 0 Å². The summed E-state index contributed by atoms with van der Waals surface area (Å²) in [7, 11) is 0. The van der Waals surface area contributed by atoms with Gasteiger partial charge in [-0.25, -0.2) is 0 Å². The maximum Gasteiger partial charge on any atom is 0.120 e. The van der Waals surface area contributed by atoms with Gasteiger partial charge in [0.1, 0.15) is 12.6 Å². The Morgan fingerprint density at radius 1 is 1.07 bits per heavy atom. The first-order valence-corrected chi connectivity index (χ1v) is 5.21. The van der Waals surface area contributed by atoms with Crippen LogP contribution in [0.3, 0.4) is 0 Å². The van der Waals surface area contributed by atoms with Gasteiger partial charge in [0.05, 0.1) is 0 Å². The Morgan fingerprint density at radius 3 is 2.21 bits per heavy atom. The van der Waals surface area contributed by atoms with Crippen molar-refractivity contribution in [3.8, 4) is 0 Å². The highest BCUT2D eigenvalue weighted by Gasteiger charge is 2.06. The number of carbonyl (C=O) groups is 2. The van der Waals surface area contributed by atoms with E-state index in [4.69, 9.17) is 0 Å². The molecule has 2 heteroatoms. The lowest BCUT2D eigenvalue weighted by molar-refractivity contribution is -0.110. The van der Waals surface area contributed by atoms with Crippen molar-refractivity contribution in [2.45, 2.75) is 46.0 Å². The van der Waals surface area contributed by atoms with Gasteiger partial charge in [0.2, 0.25) is 0 Å². The molecule has 0 bridgehead atoms. The second-order valence-electron chi connectivity index (χ2n) is 3.87. The second kappa shape index (κ2) is 8.67. The first kappa shape index (κ1) is 13.1. The van der Waals surface area contributed by atoms with Crippen molar-refractivity contribution in [3.05, 3.63) is 11.6 Å². The van der Waals surface area contributed by atoms with Crippen LogP contribution in [-0.2, 0) is 9.59 Å². The number of hydrogen-bond acceptors (Lipinski definition) is 2. The van der Waals surface area contributed by atoms with Gasteiger partial charge in [-0.2, -0.15) is 0 Å². The minimum atomic E-state index is 0.383. The molecule has 80 valence electrons. The summed E-state index contributed by atoms with van der Waals surface area (Å²) in [6.07, 6.45) is 8.10. The summed E-state index contributed by atoms with van der Waals surface area (Å²) in [6, 6.07) is 0. The Kier molecular flexibility index (Phi) is 8.10. The maximum atomic E-state index is 10.4. The van der Waals surface area contributed by atoms with Crippen molar-refractivity contribution >= 4 is 12.6 Å². The fourth-order valence-electron chi connectivity index (χ4n) is 1.43. The van der Waals surface area contributed by atoms with E-state index in [1.807, 2.05) is 0 Å². The van der Waals surface area contributed by atoms with Crippen LogP contribution in [0.4, 0.5) is 0 Å². The van der Waals surface area contributed by atoms with Crippen LogP contribution in [0.15, 0.2) is 11.6 Å². The molecule has 0 aromatic rings. The molecular weight excluding hydrogens is 176 g/mol. The molecule has 0 aromatic heterocycles. The van der Waals surface area contributed by atoms with Gasteiger partial charge in [0.25, 0.3) is 0 Å². The molecule has 0 N–H and O–H groups in total. The summed E-state index contributed by atoms with van der Waals surface area (Å²) in [4.78, 5) is 20.6. The van der Waals surface area contributed by atoms with Crippen LogP contribution in [0, 0.1) is 5.92 Å². The summed E-state index contributed by atoms with van der Waals surface area (Å²) in [5.41, 5.74) is 1.31. The predicted molar refractivity (Wildman–Crippen MR) is 58.1 cm³/mol. The molecule has 1 unspecified atom stereocenters. The van der Waals surface area contributed by atoms with E-state index in [1.165, 1.54) is 5.57 Å². The normalized spacial score (nSPS) is 11.9. The minimum absolute atomic E-state index is 0.383. The SMILES string of the molecule is CC(C)=CCCC(CC=O)CCC=O. The molecule has 1 atom stereocenters. The molecule has 0 heterocycles. The van der Waals surface area contributed by atoms with Gasteiger partial charge in [0.15, 0.2) is 0 Å². The van der Waals surface area contributed by atoms with Crippen molar-refractivity contribution in [1.82, 2.24) is 0 Å². The first-order chi connectivity index (χ1) is 6.70. The summed E-state index contributed by atoms with van der Waals surface area (Å²) < 4.78 is 0. The Morgan fingerprint density at radius 2 is 1.71 bits per heavy atom. The molecular formula is C12H20O2. The third-order valence-corrected chi connectivity index (χ3v) is 2.25. The Bertz CT molecular complexity index is 190. The highest BCUT2D eigenvalue weighted by atomic mass is 16.1. The third-order valence-electron chi connectivity index (χ3n) is 2.25. The lowest BCUT2D eigenvalue weighted by Gasteiger charge is -2.10. The zero-order valence-corrected chi connectivity index (χ0v) is 9.16. The van der Waals surface area contributed by atoms with Crippen molar-refractivity contribution in [2.24, 2.45) is 5.92 Å². The van der Waals surface area contributed by atoms with Crippen LogP contribution in [0.25, 0.3) is 0 Å². The van der Waals surface area contributed by atoms with E-state index in [1.54, 1.807) is 0 Å². The molecule has 0 aliphatic rings. The lowest BCUT2D eigenvalue weighted by atomic mass is 9.95. The molecule has 0 fully saturated rings. The molecule has 0 aromatic carbocycles. The van der Waals surface area contributed by atoms with E-state index >= 15 is 0 Å². The van der Waals surface area contributed by atoms with Gasteiger partial charge in [-0.05, 0) is 39.0 Å². The van der Waals surface area contributed by atoms with E-state index in [0.29, 0.717) is 18.8 Å². The van der Waals surface area contributed by atoms with Crippen LogP contribution in [0.5, 0.6) is 0 Å². The van der Waals surface area contributed by atoms with Gasteiger partial charge >= 0.3 is 0 Å². The maximum absolute atomic E-state index is 10.4. The summed E-state index contributed by atoms with van der Waals surface area (Å²) in [5.74, 6) is 0.383. The highest BCUT2D eigenvalue weighted by molar-refractivity contribution is 5.51. The zero-order valence-electron chi connectivity index (χ0n) is 9.16. The van der Waals surface area contributed by atoms with E-state index in [-0.39, 0.29) is 0 Å². The molecule has 0 aliphatic carbocycles. The minimum Gasteiger partial charge on any atom is -0.303 e. The van der Waals surface area contributed by atoms with Crippen LogP contribution in [-0.4, -0.2) is 12.6 Å². The van der Waals surface area contributed by atoms with E-state index in [0.717, 1.165) is 31.8 Å². The third kappa shape index (κ3) is 7.71. The largest absolute Gasteiger partial charge is 0.303 e. The molecule has 0 aliphatic heterocycles. The Labute approximate surface area is 86.4 Å². The molecule has 2 nitrogen and oxygen atoms in total. The quantitative estimate of drug-likeness (QED) is 0.442. The zero-order chi connectivity index (χ0) is 10.8. The number of allylic oxidation sites excluding steroid dienone is 2. The molecule has 14 heavy (non-hydrogen) atoms. The van der Waals surface area contributed by atoms with Crippen molar-refractivity contribution in [3.63, 3.8) is 0 Å². The average molecular weight is 196 g/mol. The van der Waals surface area contributed by atoms with E-state index < -0.39 is 0 Å². The second-order valence-corrected chi connectivity index (χ2v) is 3.87. The number of carbonyl (C=O) groups excluding carboxylic acids is 2. The number of rotatable bonds is 8. The predicted octanol–water partition coefficient (Wildman–Crippen LogP) is 2.92. The fraction of sp³-hybridized carbons (Fsp3) is 0.667. The molecule has 0 rings (SSSR count). The van der Waals surface area contributed by atoms with Gasteiger partial charge in [0, 0.05) is 12.8 Å². The van der Waals surface area contributed by atoms with E-state index in [2.05, 4.69) is 19.9 Å². The van der Waals surface area contributed by atoms with E-state index in [9.17, 15) is 9.59 Å². The van der Waals surface area contributed by atoms with Crippen LogP contribution < -0.4 is 0 Å². The van der Waals surface area contributed by atoms with Gasteiger partial charge in [-0.1, -0.05) is 11.6 Å². The topological polar surface area (TPSA) is 34.1 Å². The lowest BCUT2D eigenvalue weighted by Crippen LogP contribution is -2.01. The molecule has 0 radical (unpaired) electrons. The smallest absolute Gasteiger partial charge is 0.120 e. The van der Waals surface area contributed by atoms with Crippen LogP contribution in [0.1, 0.15) is 46.0 Å². The van der Waals surface area contributed by atoms with Crippen molar-refractivity contribution in [1.29, 1.82) is 0 Å². The number of aldehydes is 2. The highest BCUT2D eigenvalue weighted by Crippen LogP contribution is 2.16. The fourth-order valence-corrected chi connectivity index (χ4v) is 1.43. The summed E-state index contributed by atoms with van der Waals surface area (Å²) >= 11 is 0. The van der Waals surface area contributed by atoms with Gasteiger partial charge < -0.3 is 9.59 Å². The summed E-state index contributed by atoms with van der Waals surface area (Å²) in [5, 5.41) is 0.